The molecule has 7 heteroatoms. The zero-order chi connectivity index (χ0) is 22.0. The number of likely N-dealkylation sites (tertiary alicyclic amines) is 1. The molecule has 31 heavy (non-hydrogen) atoms. The Balaban J connectivity index is 1.63. The molecule has 0 N–H and O–H groups in total. The Kier molecular flexibility index (Phi) is 6.43. The maximum atomic E-state index is 5.86. The van der Waals surface area contributed by atoms with Crippen molar-refractivity contribution in [2.75, 3.05) is 20.8 Å². The zero-order valence-corrected chi connectivity index (χ0v) is 19.4. The summed E-state index contributed by atoms with van der Waals surface area (Å²) in [5.41, 5.74) is 2.34. The highest BCUT2D eigenvalue weighted by Crippen LogP contribution is 2.33. The summed E-state index contributed by atoms with van der Waals surface area (Å²) in [5.74, 6) is 2.61. The normalized spacial score (nSPS) is 16.7. The maximum absolute atomic E-state index is 5.86. The van der Waals surface area contributed by atoms with Gasteiger partial charge in [-0.05, 0) is 80.9 Å². The third kappa shape index (κ3) is 4.38. The summed E-state index contributed by atoms with van der Waals surface area (Å²) < 4.78 is 15.5. The molecular weight excluding hydrogens is 408 g/mol. The minimum atomic E-state index is 0.217. The minimum Gasteiger partial charge on any atom is -0.497 e. The molecule has 0 radical (unpaired) electrons. The Morgan fingerprint density at radius 1 is 1.00 bits per heavy atom. The number of ether oxygens (including phenoxy) is 2. The van der Waals surface area contributed by atoms with Gasteiger partial charge in [-0.1, -0.05) is 12.1 Å². The molecular formula is C24H30N4O2S. The summed E-state index contributed by atoms with van der Waals surface area (Å²) in [7, 11) is 3.37. The Bertz CT molecular complexity index is 1070. The van der Waals surface area contributed by atoms with Gasteiger partial charge in [0.15, 0.2) is 10.6 Å². The lowest BCUT2D eigenvalue weighted by Crippen LogP contribution is -2.27. The average molecular weight is 439 g/mol. The summed E-state index contributed by atoms with van der Waals surface area (Å²) in [6.45, 7) is 6.00. The molecule has 6 nitrogen and oxygen atoms in total. The second-order valence-electron chi connectivity index (χ2n) is 8.18. The van der Waals surface area contributed by atoms with Crippen LogP contribution in [0.3, 0.4) is 0 Å². The first kappa shape index (κ1) is 21.6. The Morgan fingerprint density at radius 3 is 2.19 bits per heavy atom. The van der Waals surface area contributed by atoms with Crippen molar-refractivity contribution in [2.24, 2.45) is 0 Å². The molecule has 1 aliphatic rings. The van der Waals surface area contributed by atoms with Crippen LogP contribution in [0.4, 0.5) is 0 Å². The molecule has 0 unspecified atom stereocenters. The van der Waals surface area contributed by atoms with E-state index in [-0.39, 0.29) is 6.04 Å². The summed E-state index contributed by atoms with van der Waals surface area (Å²) in [4.78, 5) is 2.47. The van der Waals surface area contributed by atoms with Gasteiger partial charge in [0.25, 0.3) is 0 Å². The van der Waals surface area contributed by atoms with Crippen LogP contribution in [0.15, 0.2) is 48.5 Å². The number of aromatic nitrogens is 3. The lowest BCUT2D eigenvalue weighted by molar-refractivity contribution is 0.189. The van der Waals surface area contributed by atoms with Crippen LogP contribution in [0.25, 0.3) is 11.4 Å². The molecule has 1 fully saturated rings. The number of hydrogen-bond donors (Lipinski definition) is 0. The van der Waals surface area contributed by atoms with E-state index < -0.39 is 0 Å². The van der Waals surface area contributed by atoms with Crippen molar-refractivity contribution in [3.05, 3.63) is 58.9 Å². The van der Waals surface area contributed by atoms with E-state index in [9.17, 15) is 0 Å². The van der Waals surface area contributed by atoms with Crippen molar-refractivity contribution in [1.29, 1.82) is 0 Å². The van der Waals surface area contributed by atoms with Gasteiger partial charge < -0.3 is 9.47 Å². The van der Waals surface area contributed by atoms with Gasteiger partial charge in [0.1, 0.15) is 11.5 Å². The molecule has 164 valence electrons. The number of rotatable bonds is 7. The quantitative estimate of drug-likeness (QED) is 0.458. The average Bonchev–Trinajstić information content (AvgIpc) is 3.38. The van der Waals surface area contributed by atoms with E-state index in [1.54, 1.807) is 14.2 Å². The molecule has 4 rings (SSSR count). The second-order valence-corrected chi connectivity index (χ2v) is 8.55. The van der Waals surface area contributed by atoms with Crippen LogP contribution in [0, 0.1) is 4.77 Å². The molecule has 2 heterocycles. The van der Waals surface area contributed by atoms with Crippen LogP contribution in [-0.2, 0) is 6.67 Å². The van der Waals surface area contributed by atoms with E-state index in [0.717, 1.165) is 40.6 Å². The highest BCUT2D eigenvalue weighted by Gasteiger charge is 2.27. The highest BCUT2D eigenvalue weighted by molar-refractivity contribution is 7.71. The van der Waals surface area contributed by atoms with Crippen LogP contribution < -0.4 is 9.47 Å². The van der Waals surface area contributed by atoms with Crippen LogP contribution in [0.5, 0.6) is 11.5 Å². The van der Waals surface area contributed by atoms with Crippen LogP contribution in [-0.4, -0.2) is 40.0 Å². The van der Waals surface area contributed by atoms with Gasteiger partial charge in [-0.15, -0.1) is 0 Å². The lowest BCUT2D eigenvalue weighted by Gasteiger charge is -2.24. The van der Waals surface area contributed by atoms with Crippen LogP contribution >= 0.6 is 12.2 Å². The van der Waals surface area contributed by atoms with E-state index in [1.165, 1.54) is 12.0 Å². The van der Waals surface area contributed by atoms with Gasteiger partial charge >= 0.3 is 0 Å². The lowest BCUT2D eigenvalue weighted by atomic mass is 10.0. The Hall–Kier alpha value is -2.64. The first-order valence-corrected chi connectivity index (χ1v) is 11.1. The summed E-state index contributed by atoms with van der Waals surface area (Å²) in [6.07, 6.45) is 2.30. The summed E-state index contributed by atoms with van der Waals surface area (Å²) in [6, 6.07) is 17.0. The van der Waals surface area contributed by atoms with Gasteiger partial charge in [0.05, 0.1) is 20.9 Å². The predicted molar refractivity (Wildman–Crippen MR) is 125 cm³/mol. The van der Waals surface area contributed by atoms with Gasteiger partial charge in [0, 0.05) is 24.2 Å². The third-order valence-corrected chi connectivity index (χ3v) is 6.32. The highest BCUT2D eigenvalue weighted by atomic mass is 32.1. The van der Waals surface area contributed by atoms with Crippen molar-refractivity contribution in [2.45, 2.75) is 45.4 Å². The number of hydrogen-bond acceptors (Lipinski definition) is 5. The first-order valence-electron chi connectivity index (χ1n) is 10.7. The SMILES string of the molecule is COc1ccc(-c2nn(CN3CCC[C@H]3c3ccc(OC)cc3)c(=S)n2C(C)C)cc1. The fourth-order valence-corrected chi connectivity index (χ4v) is 4.68. The first-order chi connectivity index (χ1) is 15.0. The molecule has 1 saturated heterocycles. The number of benzene rings is 2. The third-order valence-electron chi connectivity index (χ3n) is 5.91. The predicted octanol–water partition coefficient (Wildman–Crippen LogP) is 5.47. The van der Waals surface area contributed by atoms with E-state index in [4.69, 9.17) is 26.8 Å². The van der Waals surface area contributed by atoms with Crippen molar-refractivity contribution >= 4 is 12.2 Å². The van der Waals surface area contributed by atoms with E-state index in [1.807, 2.05) is 41.1 Å². The molecule has 0 saturated carbocycles. The van der Waals surface area contributed by atoms with E-state index >= 15 is 0 Å². The zero-order valence-electron chi connectivity index (χ0n) is 18.6. The molecule has 0 amide bonds. The van der Waals surface area contributed by atoms with E-state index in [0.29, 0.717) is 12.7 Å². The Morgan fingerprint density at radius 2 is 1.61 bits per heavy atom. The molecule has 3 aromatic rings. The largest absolute Gasteiger partial charge is 0.497 e. The van der Waals surface area contributed by atoms with Crippen LogP contribution in [0.2, 0.25) is 0 Å². The topological polar surface area (TPSA) is 44.4 Å². The second kappa shape index (κ2) is 9.24. The maximum Gasteiger partial charge on any atom is 0.199 e. The number of methoxy groups -OCH3 is 2. The fourth-order valence-electron chi connectivity index (χ4n) is 4.29. The van der Waals surface area contributed by atoms with Crippen molar-refractivity contribution in [3.63, 3.8) is 0 Å². The smallest absolute Gasteiger partial charge is 0.199 e. The minimum absolute atomic E-state index is 0.217. The van der Waals surface area contributed by atoms with Gasteiger partial charge in [-0.3, -0.25) is 9.47 Å². The molecule has 2 aromatic carbocycles. The monoisotopic (exact) mass is 438 g/mol. The van der Waals surface area contributed by atoms with E-state index in [2.05, 4.69) is 35.4 Å². The summed E-state index contributed by atoms with van der Waals surface area (Å²) in [5, 5.41) is 4.95. The van der Waals surface area contributed by atoms with Crippen molar-refractivity contribution in [3.8, 4) is 22.9 Å². The fraction of sp³-hybridized carbons (Fsp3) is 0.417. The summed E-state index contributed by atoms with van der Waals surface area (Å²) >= 11 is 5.86. The molecule has 1 aliphatic heterocycles. The molecule has 0 bridgehead atoms. The van der Waals surface area contributed by atoms with Crippen molar-refractivity contribution in [1.82, 2.24) is 19.2 Å². The van der Waals surface area contributed by atoms with Crippen LogP contribution in [0.1, 0.15) is 44.3 Å². The number of nitrogens with zero attached hydrogens (tertiary/aromatic N) is 4. The van der Waals surface area contributed by atoms with Gasteiger partial charge in [-0.2, -0.15) is 5.10 Å². The van der Waals surface area contributed by atoms with Gasteiger partial charge in [-0.25, -0.2) is 4.68 Å². The molecule has 0 aliphatic carbocycles. The standard InChI is InChI=1S/C24H30N4O2S/c1-17(2)28-23(19-9-13-21(30-4)14-10-19)25-27(24(28)31)16-26-15-5-6-22(26)18-7-11-20(29-3)12-8-18/h7-14,17,22H,5-6,15-16H2,1-4H3/t22-/m0/s1. The molecule has 1 aromatic heterocycles. The van der Waals surface area contributed by atoms with Crippen molar-refractivity contribution < 1.29 is 9.47 Å². The molecule has 1 atom stereocenters. The van der Waals surface area contributed by atoms with Gasteiger partial charge in [0.2, 0.25) is 0 Å². The Labute approximate surface area is 189 Å². The molecule has 0 spiro atoms.